The molecule has 0 atom stereocenters. The Kier molecular flexibility index (Phi) is 13.2. The summed E-state index contributed by atoms with van der Waals surface area (Å²) in [6.45, 7) is 8.76. The zero-order valence-electron chi connectivity index (χ0n) is 16.0. The third-order valence-electron chi connectivity index (χ3n) is 3.67. The molecule has 0 spiro atoms. The van der Waals surface area contributed by atoms with Crippen LogP contribution in [0.15, 0.2) is 29.3 Å². The second-order valence-corrected chi connectivity index (χ2v) is 5.94. The molecule has 6 heteroatoms. The number of benzene rings is 1. The molecule has 142 valence electrons. The van der Waals surface area contributed by atoms with Crippen LogP contribution >= 0.6 is 24.0 Å². The lowest BCUT2D eigenvalue weighted by atomic mass is 10.2. The predicted octanol–water partition coefficient (Wildman–Crippen LogP) is 4.24. The molecule has 0 unspecified atom stereocenters. The lowest BCUT2D eigenvalue weighted by Crippen LogP contribution is -2.39. The Bertz CT molecular complexity index is 517. The van der Waals surface area contributed by atoms with Crippen molar-refractivity contribution in [2.24, 2.45) is 4.99 Å². The van der Waals surface area contributed by atoms with Gasteiger partial charge in [-0.25, -0.2) is 4.99 Å². The molecule has 0 saturated carbocycles. The number of amides is 1. The lowest BCUT2D eigenvalue weighted by molar-refractivity contribution is -0.116. The minimum atomic E-state index is 0. The van der Waals surface area contributed by atoms with Gasteiger partial charge in [-0.15, -0.1) is 24.0 Å². The molecule has 1 amide bonds. The zero-order chi connectivity index (χ0) is 17.8. The third kappa shape index (κ3) is 9.67. The average Bonchev–Trinajstić information content (AvgIpc) is 2.58. The number of hydrogen-bond acceptors (Lipinski definition) is 2. The molecule has 2 N–H and O–H groups in total. The maximum absolute atomic E-state index is 11.6. The molecule has 0 bridgehead atoms. The van der Waals surface area contributed by atoms with Crippen LogP contribution in [0.4, 0.5) is 5.69 Å². The van der Waals surface area contributed by atoms with Crippen LogP contribution in [0.25, 0.3) is 0 Å². The van der Waals surface area contributed by atoms with Crippen LogP contribution in [-0.2, 0) is 11.3 Å². The molecule has 0 aliphatic carbocycles. The van der Waals surface area contributed by atoms with Gasteiger partial charge in [-0.05, 0) is 37.5 Å². The molecule has 0 aliphatic heterocycles. The molecule has 1 rings (SSSR count). The number of nitrogens with zero attached hydrogens (tertiary/aromatic N) is 2. The van der Waals surface area contributed by atoms with Crippen molar-refractivity contribution in [2.45, 2.75) is 53.0 Å². The van der Waals surface area contributed by atoms with Crippen LogP contribution in [0.1, 0.15) is 52.0 Å². The van der Waals surface area contributed by atoms with E-state index in [0.717, 1.165) is 43.1 Å². The van der Waals surface area contributed by atoms with Crippen LogP contribution in [0, 0.1) is 0 Å². The second-order valence-electron chi connectivity index (χ2n) is 5.94. The van der Waals surface area contributed by atoms with Gasteiger partial charge in [-0.2, -0.15) is 0 Å². The van der Waals surface area contributed by atoms with E-state index in [1.807, 2.05) is 31.2 Å². The Morgan fingerprint density at radius 2 is 1.80 bits per heavy atom. The number of anilines is 1. The number of carbonyl (C=O) groups excluding carboxylic acids is 1. The number of carbonyl (C=O) groups is 1. The fourth-order valence-corrected chi connectivity index (χ4v) is 2.28. The summed E-state index contributed by atoms with van der Waals surface area (Å²) in [5, 5.41) is 6.23. The quantitative estimate of drug-likeness (QED) is 0.329. The topological polar surface area (TPSA) is 56.7 Å². The lowest BCUT2D eigenvalue weighted by Gasteiger charge is -2.21. The van der Waals surface area contributed by atoms with Gasteiger partial charge in [0, 0.05) is 32.2 Å². The van der Waals surface area contributed by atoms with Crippen LogP contribution in [0.5, 0.6) is 0 Å². The van der Waals surface area contributed by atoms with Crippen molar-refractivity contribution in [1.82, 2.24) is 10.2 Å². The molecule has 0 saturated heterocycles. The normalized spacial score (nSPS) is 10.8. The maximum Gasteiger partial charge on any atom is 0.224 e. The van der Waals surface area contributed by atoms with Gasteiger partial charge in [0.25, 0.3) is 0 Å². The second kappa shape index (κ2) is 13.9. The summed E-state index contributed by atoms with van der Waals surface area (Å²) in [6.07, 6.45) is 3.75. The molecule has 0 aromatic heterocycles. The van der Waals surface area contributed by atoms with Gasteiger partial charge < -0.3 is 15.5 Å². The Morgan fingerprint density at radius 1 is 1.12 bits per heavy atom. The van der Waals surface area contributed by atoms with Crippen LogP contribution in [0.2, 0.25) is 0 Å². The molecule has 0 radical (unpaired) electrons. The van der Waals surface area contributed by atoms with Gasteiger partial charge in [-0.3, -0.25) is 4.79 Å². The summed E-state index contributed by atoms with van der Waals surface area (Å²) in [6, 6.07) is 7.90. The number of unbranched alkanes of at least 4 members (excludes halogenated alkanes) is 1. The van der Waals surface area contributed by atoms with E-state index in [-0.39, 0.29) is 29.9 Å². The van der Waals surface area contributed by atoms with Crippen LogP contribution in [0.3, 0.4) is 0 Å². The molecule has 5 nitrogen and oxygen atoms in total. The van der Waals surface area contributed by atoms with E-state index in [1.165, 1.54) is 6.42 Å². The largest absolute Gasteiger partial charge is 0.357 e. The summed E-state index contributed by atoms with van der Waals surface area (Å²) in [5.41, 5.74) is 1.97. The van der Waals surface area contributed by atoms with Crippen molar-refractivity contribution in [2.75, 3.05) is 25.5 Å². The first kappa shape index (κ1) is 23.7. The molecule has 25 heavy (non-hydrogen) atoms. The monoisotopic (exact) mass is 460 g/mol. The highest BCUT2D eigenvalue weighted by Crippen LogP contribution is 2.11. The van der Waals surface area contributed by atoms with Crippen molar-refractivity contribution in [3.8, 4) is 0 Å². The number of aliphatic imine (C=N–C) groups is 1. The molecule has 0 fully saturated rings. The molecular formula is C19H33IN4O. The minimum Gasteiger partial charge on any atom is -0.357 e. The smallest absolute Gasteiger partial charge is 0.224 e. The van der Waals surface area contributed by atoms with E-state index < -0.39 is 0 Å². The summed E-state index contributed by atoms with van der Waals surface area (Å²) >= 11 is 0. The molecule has 1 aromatic rings. The fourth-order valence-electron chi connectivity index (χ4n) is 2.28. The Hall–Kier alpha value is -1.31. The van der Waals surface area contributed by atoms with Crippen molar-refractivity contribution in [3.05, 3.63) is 29.8 Å². The Morgan fingerprint density at radius 3 is 2.36 bits per heavy atom. The first-order chi connectivity index (χ1) is 11.6. The summed E-state index contributed by atoms with van der Waals surface area (Å²) in [7, 11) is 2.07. The number of hydrogen-bond donors (Lipinski definition) is 2. The summed E-state index contributed by atoms with van der Waals surface area (Å²) in [5.74, 6) is 1.00. The Balaban J connectivity index is 0.00000576. The SMILES string of the molecule is CCCCN(C)C(=NCc1ccc(NC(=O)CCC)cc1)NCC.I. The highest BCUT2D eigenvalue weighted by atomic mass is 127. The van der Waals surface area contributed by atoms with Crippen LogP contribution in [-0.4, -0.2) is 36.9 Å². The molecule has 0 heterocycles. The number of halogens is 1. The van der Waals surface area contributed by atoms with Gasteiger partial charge in [0.2, 0.25) is 5.91 Å². The highest BCUT2D eigenvalue weighted by molar-refractivity contribution is 14.0. The number of rotatable bonds is 9. The van der Waals surface area contributed by atoms with E-state index in [4.69, 9.17) is 4.99 Å². The minimum absolute atomic E-state index is 0. The van der Waals surface area contributed by atoms with Gasteiger partial charge >= 0.3 is 0 Å². The van der Waals surface area contributed by atoms with Gasteiger partial charge in [-0.1, -0.05) is 32.4 Å². The fraction of sp³-hybridized carbons (Fsp3) is 0.579. The number of nitrogens with one attached hydrogen (secondary N) is 2. The molecule has 1 aromatic carbocycles. The van der Waals surface area contributed by atoms with Gasteiger partial charge in [0.1, 0.15) is 0 Å². The van der Waals surface area contributed by atoms with E-state index in [0.29, 0.717) is 13.0 Å². The first-order valence-electron chi connectivity index (χ1n) is 8.98. The molecular weight excluding hydrogens is 427 g/mol. The van der Waals surface area contributed by atoms with E-state index >= 15 is 0 Å². The predicted molar refractivity (Wildman–Crippen MR) is 118 cm³/mol. The van der Waals surface area contributed by atoms with E-state index in [1.54, 1.807) is 0 Å². The van der Waals surface area contributed by atoms with Crippen molar-refractivity contribution in [3.63, 3.8) is 0 Å². The number of guanidine groups is 1. The third-order valence-corrected chi connectivity index (χ3v) is 3.67. The highest BCUT2D eigenvalue weighted by Gasteiger charge is 2.05. The first-order valence-corrected chi connectivity index (χ1v) is 8.98. The summed E-state index contributed by atoms with van der Waals surface area (Å²) < 4.78 is 0. The maximum atomic E-state index is 11.6. The van der Waals surface area contributed by atoms with E-state index in [2.05, 4.69) is 36.4 Å². The zero-order valence-corrected chi connectivity index (χ0v) is 18.3. The Labute approximate surface area is 169 Å². The summed E-state index contributed by atoms with van der Waals surface area (Å²) in [4.78, 5) is 18.5. The molecule has 0 aliphatic rings. The van der Waals surface area contributed by atoms with Crippen molar-refractivity contribution in [1.29, 1.82) is 0 Å². The van der Waals surface area contributed by atoms with E-state index in [9.17, 15) is 4.79 Å². The van der Waals surface area contributed by atoms with Crippen molar-refractivity contribution >= 4 is 41.5 Å². The van der Waals surface area contributed by atoms with Crippen molar-refractivity contribution < 1.29 is 4.79 Å². The van der Waals surface area contributed by atoms with Gasteiger partial charge in [0.15, 0.2) is 5.96 Å². The van der Waals surface area contributed by atoms with Crippen LogP contribution < -0.4 is 10.6 Å². The van der Waals surface area contributed by atoms with Gasteiger partial charge in [0.05, 0.1) is 6.54 Å². The standard InChI is InChI=1S/C19H32N4O.HI/c1-5-8-14-23(4)19(20-7-3)21-15-16-10-12-17(13-11-16)22-18(24)9-6-2;/h10-13H,5-9,14-15H2,1-4H3,(H,20,21)(H,22,24);1H. The average molecular weight is 460 g/mol.